The number of hydrogen-bond acceptors (Lipinski definition) is 6. The highest BCUT2D eigenvalue weighted by atomic mass is 15.1. The van der Waals surface area contributed by atoms with E-state index < -0.39 is 0 Å². The van der Waals surface area contributed by atoms with Gasteiger partial charge in [-0.05, 0) is 108 Å². The minimum atomic E-state index is 0.787. The van der Waals surface area contributed by atoms with Crippen LogP contribution in [0.15, 0.2) is 292 Å². The molecule has 14 aromatic rings. The monoisotopic (exact) mass is 1000 g/mol. The summed E-state index contributed by atoms with van der Waals surface area (Å²) in [5, 5.41) is 0. The smallest absolute Gasteiger partial charge is 0.137 e. The molecule has 0 atom stereocenters. The zero-order chi connectivity index (χ0) is 51.8. The van der Waals surface area contributed by atoms with Gasteiger partial charge in [-0.1, -0.05) is 170 Å². The van der Waals surface area contributed by atoms with E-state index in [2.05, 4.69) is 262 Å². The minimum absolute atomic E-state index is 0.787. The molecule has 78 heavy (non-hydrogen) atoms. The Balaban J connectivity index is 0.888. The number of anilines is 6. The Bertz CT molecular complexity index is 4040. The van der Waals surface area contributed by atoms with Crippen molar-refractivity contribution >= 4 is 56.5 Å². The van der Waals surface area contributed by atoms with E-state index in [0.29, 0.717) is 0 Å². The Morgan fingerprint density at radius 3 is 0.897 bits per heavy atom. The van der Waals surface area contributed by atoms with Gasteiger partial charge in [0.2, 0.25) is 0 Å². The number of aromatic nitrogens is 6. The SMILES string of the molecule is c1ccc(-c2ccc(-c3ccccc3)c3nc(-c4ccc(N(c5ccccc5)c5ccc(-c6cn7ccccc7n6)cc5)cc4)c(-c4ccc(N(c5ccccc5)c5ccc(-c6cn7ccccc7n6)cc5)cc4)nc23)cc1. The Morgan fingerprint density at radius 2 is 0.551 bits per heavy atom. The number of rotatable bonds is 12. The molecule has 368 valence electrons. The zero-order valence-electron chi connectivity index (χ0n) is 42.3. The van der Waals surface area contributed by atoms with Crippen molar-refractivity contribution in [2.24, 2.45) is 0 Å². The van der Waals surface area contributed by atoms with E-state index in [0.717, 1.165) is 124 Å². The molecule has 9 aromatic carbocycles. The van der Waals surface area contributed by atoms with E-state index >= 15 is 0 Å². The molecule has 8 heteroatoms. The van der Waals surface area contributed by atoms with Gasteiger partial charge in [0.15, 0.2) is 0 Å². The first-order valence-electron chi connectivity index (χ1n) is 26.1. The third-order valence-corrected chi connectivity index (χ3v) is 14.4. The molecule has 0 amide bonds. The normalized spacial score (nSPS) is 11.3. The van der Waals surface area contributed by atoms with Crippen LogP contribution < -0.4 is 9.80 Å². The third kappa shape index (κ3) is 8.69. The number of benzene rings is 9. The molecule has 14 rings (SSSR count). The van der Waals surface area contributed by atoms with Crippen LogP contribution in [0.2, 0.25) is 0 Å². The molecule has 0 bridgehead atoms. The van der Waals surface area contributed by atoms with Gasteiger partial charge < -0.3 is 18.6 Å². The predicted molar refractivity (Wildman–Crippen MR) is 319 cm³/mol. The maximum Gasteiger partial charge on any atom is 0.137 e. The summed E-state index contributed by atoms with van der Waals surface area (Å²) in [4.78, 5) is 25.8. The number of nitrogens with zero attached hydrogens (tertiary/aromatic N) is 8. The van der Waals surface area contributed by atoms with Crippen molar-refractivity contribution in [2.75, 3.05) is 9.80 Å². The summed E-state index contributed by atoms with van der Waals surface area (Å²) in [7, 11) is 0. The van der Waals surface area contributed by atoms with Crippen LogP contribution in [0.5, 0.6) is 0 Å². The fourth-order valence-electron chi connectivity index (χ4n) is 10.5. The van der Waals surface area contributed by atoms with Gasteiger partial charge in [-0.25, -0.2) is 19.9 Å². The van der Waals surface area contributed by atoms with Gasteiger partial charge in [0.1, 0.15) is 11.3 Å². The predicted octanol–water partition coefficient (Wildman–Crippen LogP) is 17.9. The lowest BCUT2D eigenvalue weighted by atomic mass is 9.96. The molecule has 0 radical (unpaired) electrons. The van der Waals surface area contributed by atoms with Crippen LogP contribution in [-0.4, -0.2) is 28.7 Å². The van der Waals surface area contributed by atoms with Gasteiger partial charge in [-0.15, -0.1) is 0 Å². The van der Waals surface area contributed by atoms with Gasteiger partial charge in [-0.3, -0.25) is 0 Å². The molecule has 0 N–H and O–H groups in total. The molecule has 0 saturated carbocycles. The topological polar surface area (TPSA) is 66.9 Å². The van der Waals surface area contributed by atoms with Crippen LogP contribution in [0, 0.1) is 0 Å². The van der Waals surface area contributed by atoms with E-state index in [1.165, 1.54) is 0 Å². The first-order chi connectivity index (χ1) is 38.6. The summed E-state index contributed by atoms with van der Waals surface area (Å²) in [6, 6.07) is 93.3. The highest BCUT2D eigenvalue weighted by molar-refractivity contribution is 6.03. The minimum Gasteiger partial charge on any atom is -0.311 e. The lowest BCUT2D eigenvalue weighted by Gasteiger charge is -2.26. The molecular weight excluding hydrogens is 953 g/mol. The zero-order valence-corrected chi connectivity index (χ0v) is 42.3. The molecule has 0 saturated heterocycles. The van der Waals surface area contributed by atoms with Crippen LogP contribution >= 0.6 is 0 Å². The molecule has 0 aliphatic heterocycles. The van der Waals surface area contributed by atoms with Crippen LogP contribution in [0.3, 0.4) is 0 Å². The molecule has 0 spiro atoms. The van der Waals surface area contributed by atoms with Crippen molar-refractivity contribution in [3.63, 3.8) is 0 Å². The molecule has 0 fully saturated rings. The lowest BCUT2D eigenvalue weighted by Crippen LogP contribution is -2.10. The summed E-state index contributed by atoms with van der Waals surface area (Å²) in [5.74, 6) is 0. The van der Waals surface area contributed by atoms with Crippen molar-refractivity contribution in [2.45, 2.75) is 0 Å². The molecule has 0 aliphatic carbocycles. The second kappa shape index (κ2) is 19.9. The first kappa shape index (κ1) is 45.9. The van der Waals surface area contributed by atoms with Crippen LogP contribution in [0.25, 0.3) is 89.6 Å². The fourth-order valence-corrected chi connectivity index (χ4v) is 10.5. The van der Waals surface area contributed by atoms with Gasteiger partial charge >= 0.3 is 0 Å². The average molecular weight is 1000 g/mol. The van der Waals surface area contributed by atoms with Crippen molar-refractivity contribution in [3.05, 3.63) is 292 Å². The Kier molecular flexibility index (Phi) is 11.7. The average Bonchev–Trinajstić information content (AvgIpc) is 4.31. The van der Waals surface area contributed by atoms with E-state index in [9.17, 15) is 0 Å². The van der Waals surface area contributed by atoms with E-state index in [4.69, 9.17) is 19.9 Å². The number of fused-ring (bicyclic) bond motifs is 3. The van der Waals surface area contributed by atoms with Crippen molar-refractivity contribution in [3.8, 4) is 67.3 Å². The molecule has 5 heterocycles. The summed E-state index contributed by atoms with van der Waals surface area (Å²) in [6.07, 6.45) is 8.21. The summed E-state index contributed by atoms with van der Waals surface area (Å²) < 4.78 is 4.11. The molecule has 0 aliphatic rings. The highest BCUT2D eigenvalue weighted by Crippen LogP contribution is 2.43. The molecule has 8 nitrogen and oxygen atoms in total. The van der Waals surface area contributed by atoms with Crippen molar-refractivity contribution < 1.29 is 0 Å². The molecule has 5 aromatic heterocycles. The second-order valence-corrected chi connectivity index (χ2v) is 19.2. The summed E-state index contributed by atoms with van der Waals surface area (Å²) >= 11 is 0. The maximum absolute atomic E-state index is 5.73. The Hall–Kier alpha value is -10.7. The van der Waals surface area contributed by atoms with Crippen LogP contribution in [-0.2, 0) is 0 Å². The number of imidazole rings is 2. The van der Waals surface area contributed by atoms with Crippen LogP contribution in [0.1, 0.15) is 0 Å². The second-order valence-electron chi connectivity index (χ2n) is 19.2. The first-order valence-corrected chi connectivity index (χ1v) is 26.1. The maximum atomic E-state index is 5.73. The van der Waals surface area contributed by atoms with Crippen LogP contribution in [0.4, 0.5) is 34.1 Å². The molecular formula is C70H48N8. The summed E-state index contributed by atoms with van der Waals surface area (Å²) in [5.41, 5.74) is 21.3. The van der Waals surface area contributed by atoms with Gasteiger partial charge in [0.25, 0.3) is 0 Å². The quantitative estimate of drug-likeness (QED) is 0.121. The highest BCUT2D eigenvalue weighted by Gasteiger charge is 2.22. The van der Waals surface area contributed by atoms with E-state index in [1.807, 2.05) is 48.8 Å². The largest absolute Gasteiger partial charge is 0.311 e. The standard InChI is InChI=1S/C70H48N8/c1-5-17-49(18-6-1)61-43-44-62(50-19-7-2-8-20-50)70-69(61)73-67(53-31-39-59(40-32-53)77(55-21-9-3-10-22-55)57-35-27-51(28-36-57)63-47-75-45-15-13-25-65(75)71-63)68(74-70)54-33-41-60(42-34-54)78(56-23-11-4-12-24-56)58-37-29-52(30-38-58)64-48-76-46-16-14-26-66(76)72-64/h1-48H. The Labute approximate surface area is 451 Å². The number of hydrogen-bond donors (Lipinski definition) is 0. The number of pyridine rings is 2. The van der Waals surface area contributed by atoms with Crippen molar-refractivity contribution in [1.29, 1.82) is 0 Å². The Morgan fingerprint density at radius 1 is 0.244 bits per heavy atom. The van der Waals surface area contributed by atoms with Crippen molar-refractivity contribution in [1.82, 2.24) is 28.7 Å². The van der Waals surface area contributed by atoms with E-state index in [-0.39, 0.29) is 0 Å². The van der Waals surface area contributed by atoms with Gasteiger partial charge in [0, 0.05) is 92.3 Å². The summed E-state index contributed by atoms with van der Waals surface area (Å²) in [6.45, 7) is 0. The fraction of sp³-hybridized carbons (Fsp3) is 0. The lowest BCUT2D eigenvalue weighted by molar-refractivity contribution is 1.19. The third-order valence-electron chi connectivity index (χ3n) is 14.4. The van der Waals surface area contributed by atoms with Gasteiger partial charge in [0.05, 0.1) is 33.8 Å². The van der Waals surface area contributed by atoms with E-state index in [1.54, 1.807) is 0 Å². The molecule has 0 unspecified atom stereocenters. The van der Waals surface area contributed by atoms with Gasteiger partial charge in [-0.2, -0.15) is 0 Å². The number of para-hydroxylation sites is 2.